The molecule has 4 aromatic rings. The summed E-state index contributed by atoms with van der Waals surface area (Å²) >= 11 is 2.77. The molecule has 0 aliphatic carbocycles. The number of nitrogen functional groups attached to an aromatic ring is 1. The van der Waals surface area contributed by atoms with Crippen LogP contribution in [0, 0.1) is 0 Å². The van der Waals surface area contributed by atoms with Crippen LogP contribution in [0.25, 0.3) is 22.5 Å². The van der Waals surface area contributed by atoms with E-state index in [0.29, 0.717) is 15.3 Å². The minimum absolute atomic E-state index is 0.469. The molecule has 0 saturated carbocycles. The van der Waals surface area contributed by atoms with Gasteiger partial charge in [-0.2, -0.15) is 0 Å². The van der Waals surface area contributed by atoms with E-state index in [1.165, 1.54) is 22.7 Å². The third-order valence-electron chi connectivity index (χ3n) is 3.46. The minimum Gasteiger partial charge on any atom is -0.375 e. The Bertz CT molecular complexity index is 1010. The van der Waals surface area contributed by atoms with Crippen molar-refractivity contribution >= 4 is 37.9 Å². The third kappa shape index (κ3) is 3.47. The van der Waals surface area contributed by atoms with Crippen molar-refractivity contribution in [3.63, 3.8) is 0 Å². The molecular weight excluding hydrogens is 350 g/mol. The first-order valence-corrected chi connectivity index (χ1v) is 9.23. The molecule has 0 atom stereocenters. The molecule has 0 spiro atoms. The summed E-state index contributed by atoms with van der Waals surface area (Å²) < 4.78 is 0. The average molecular weight is 363 g/mol. The number of benzene rings is 2. The zero-order chi connectivity index (χ0) is 17.1. The van der Waals surface area contributed by atoms with Crippen LogP contribution in [0.1, 0.15) is 0 Å². The summed E-state index contributed by atoms with van der Waals surface area (Å²) in [6, 6.07) is 19.8. The highest BCUT2D eigenvalue weighted by Gasteiger charge is 2.11. The van der Waals surface area contributed by atoms with Crippen molar-refractivity contribution < 1.29 is 0 Å². The largest absolute Gasteiger partial charge is 0.375 e. The quantitative estimate of drug-likeness (QED) is 0.456. The van der Waals surface area contributed by atoms with Crippen molar-refractivity contribution in [2.24, 2.45) is 10.2 Å². The molecule has 0 aliphatic heterocycles. The van der Waals surface area contributed by atoms with Gasteiger partial charge in [0.15, 0.2) is 10.1 Å². The van der Waals surface area contributed by atoms with E-state index in [9.17, 15) is 0 Å². The monoisotopic (exact) mass is 363 g/mol. The summed E-state index contributed by atoms with van der Waals surface area (Å²) in [6.07, 6.45) is 0. The zero-order valence-electron chi connectivity index (χ0n) is 13.0. The van der Waals surface area contributed by atoms with Gasteiger partial charge in [-0.15, -0.1) is 21.6 Å². The zero-order valence-corrected chi connectivity index (χ0v) is 14.7. The molecule has 0 aliphatic rings. The van der Waals surface area contributed by atoms with Gasteiger partial charge >= 0.3 is 0 Å². The Labute approximate surface area is 152 Å². The van der Waals surface area contributed by atoms with Crippen molar-refractivity contribution in [2.75, 3.05) is 5.73 Å². The number of rotatable bonds is 4. The van der Waals surface area contributed by atoms with E-state index in [2.05, 4.69) is 20.2 Å². The lowest BCUT2D eigenvalue weighted by Crippen LogP contribution is -1.82. The van der Waals surface area contributed by atoms with Gasteiger partial charge in [0.1, 0.15) is 5.69 Å². The van der Waals surface area contributed by atoms with Gasteiger partial charge in [0.05, 0.1) is 5.69 Å². The van der Waals surface area contributed by atoms with Crippen molar-refractivity contribution in [3.05, 3.63) is 66.0 Å². The molecule has 0 amide bonds. The van der Waals surface area contributed by atoms with E-state index in [0.717, 1.165) is 22.5 Å². The molecule has 2 aromatic heterocycles. The summed E-state index contributed by atoms with van der Waals surface area (Å²) in [5.74, 6) is 0. The minimum atomic E-state index is 0.469. The maximum absolute atomic E-state index is 5.86. The van der Waals surface area contributed by atoms with Crippen molar-refractivity contribution in [1.82, 2.24) is 9.97 Å². The average Bonchev–Trinajstić information content (AvgIpc) is 3.28. The van der Waals surface area contributed by atoms with Crippen LogP contribution in [0.3, 0.4) is 0 Å². The molecule has 122 valence electrons. The Morgan fingerprint density at radius 1 is 0.800 bits per heavy atom. The summed E-state index contributed by atoms with van der Waals surface area (Å²) in [7, 11) is 0. The van der Waals surface area contributed by atoms with Gasteiger partial charge in [-0.1, -0.05) is 72.0 Å². The summed E-state index contributed by atoms with van der Waals surface area (Å²) in [4.78, 5) is 8.89. The molecule has 7 heteroatoms. The van der Waals surface area contributed by atoms with Crippen LogP contribution in [0.2, 0.25) is 0 Å². The van der Waals surface area contributed by atoms with Crippen LogP contribution in [0.15, 0.2) is 76.3 Å². The van der Waals surface area contributed by atoms with E-state index >= 15 is 0 Å². The topological polar surface area (TPSA) is 76.5 Å². The summed E-state index contributed by atoms with van der Waals surface area (Å²) in [5.41, 5.74) is 9.52. The molecule has 2 aromatic carbocycles. The molecule has 5 nitrogen and oxygen atoms in total. The highest BCUT2D eigenvalue weighted by molar-refractivity contribution is 7.19. The fraction of sp³-hybridized carbons (Fsp3) is 0. The van der Waals surface area contributed by atoms with E-state index in [4.69, 9.17) is 5.73 Å². The van der Waals surface area contributed by atoms with Crippen molar-refractivity contribution in [1.29, 1.82) is 0 Å². The Morgan fingerprint density at radius 3 is 2.20 bits per heavy atom. The predicted octanol–water partition coefficient (Wildman–Crippen LogP) is 5.93. The molecule has 25 heavy (non-hydrogen) atoms. The van der Waals surface area contributed by atoms with Gasteiger partial charge in [-0.05, 0) is 0 Å². The van der Waals surface area contributed by atoms with Gasteiger partial charge < -0.3 is 5.73 Å². The molecule has 0 unspecified atom stereocenters. The lowest BCUT2D eigenvalue weighted by molar-refractivity contribution is 1.21. The van der Waals surface area contributed by atoms with Crippen LogP contribution in [-0.4, -0.2) is 9.97 Å². The fourth-order valence-electron chi connectivity index (χ4n) is 2.32. The van der Waals surface area contributed by atoms with E-state index in [1.807, 2.05) is 66.0 Å². The van der Waals surface area contributed by atoms with Gasteiger partial charge in [-0.3, -0.25) is 0 Å². The second-order valence-electron chi connectivity index (χ2n) is 5.15. The normalized spacial score (nSPS) is 11.2. The molecule has 2 heterocycles. The van der Waals surface area contributed by atoms with Crippen LogP contribution in [-0.2, 0) is 0 Å². The molecule has 0 saturated heterocycles. The SMILES string of the molecule is Nc1nc(-c2ccccc2)c(/N=N/c2nc(-c3ccccc3)cs2)s1. The summed E-state index contributed by atoms with van der Waals surface area (Å²) in [5, 5.41) is 12.3. The van der Waals surface area contributed by atoms with E-state index < -0.39 is 0 Å². The Hall–Kier alpha value is -2.90. The second kappa shape index (κ2) is 6.92. The number of nitrogens with zero attached hydrogens (tertiary/aromatic N) is 4. The van der Waals surface area contributed by atoms with Crippen molar-refractivity contribution in [3.8, 4) is 22.5 Å². The van der Waals surface area contributed by atoms with E-state index in [1.54, 1.807) is 0 Å². The fourth-order valence-corrected chi connectivity index (χ4v) is 3.64. The standard InChI is InChI=1S/C18H13N5S2/c19-17-21-15(13-9-5-2-6-10-13)16(25-17)22-23-18-20-14(11-24-18)12-7-3-1-4-8-12/h1-11H,(H2,19,21)/b23-22+. The molecular formula is C18H13N5S2. The molecule has 0 radical (unpaired) electrons. The van der Waals surface area contributed by atoms with Gasteiger partial charge in [-0.25, -0.2) is 9.97 Å². The number of thiazole rings is 2. The van der Waals surface area contributed by atoms with Crippen LogP contribution >= 0.6 is 22.7 Å². The summed E-state index contributed by atoms with van der Waals surface area (Å²) in [6.45, 7) is 0. The van der Waals surface area contributed by atoms with Crippen LogP contribution < -0.4 is 5.73 Å². The van der Waals surface area contributed by atoms with Gasteiger partial charge in [0.2, 0.25) is 5.13 Å². The van der Waals surface area contributed by atoms with Gasteiger partial charge in [0.25, 0.3) is 0 Å². The third-order valence-corrected chi connectivity index (χ3v) is 4.95. The van der Waals surface area contributed by atoms with Crippen LogP contribution in [0.5, 0.6) is 0 Å². The first kappa shape index (κ1) is 15.6. The highest BCUT2D eigenvalue weighted by atomic mass is 32.1. The molecule has 0 fully saturated rings. The molecule has 4 rings (SSSR count). The lowest BCUT2D eigenvalue weighted by atomic mass is 10.2. The maximum atomic E-state index is 5.86. The Kier molecular flexibility index (Phi) is 4.32. The number of azo groups is 1. The molecule has 0 bridgehead atoms. The first-order valence-electron chi connectivity index (χ1n) is 7.54. The predicted molar refractivity (Wildman–Crippen MR) is 104 cm³/mol. The van der Waals surface area contributed by atoms with Gasteiger partial charge in [0, 0.05) is 16.5 Å². The highest BCUT2D eigenvalue weighted by Crippen LogP contribution is 2.38. The first-order chi connectivity index (χ1) is 12.3. The van der Waals surface area contributed by atoms with E-state index in [-0.39, 0.29) is 0 Å². The Morgan fingerprint density at radius 2 is 1.48 bits per heavy atom. The number of nitrogens with two attached hydrogens (primary N) is 1. The number of aromatic nitrogens is 2. The smallest absolute Gasteiger partial charge is 0.230 e. The Balaban J connectivity index is 1.62. The molecule has 2 N–H and O–H groups in total. The number of hydrogen-bond acceptors (Lipinski definition) is 7. The maximum Gasteiger partial charge on any atom is 0.230 e. The lowest BCUT2D eigenvalue weighted by Gasteiger charge is -1.96. The van der Waals surface area contributed by atoms with Crippen molar-refractivity contribution in [2.45, 2.75) is 0 Å². The second-order valence-corrected chi connectivity index (χ2v) is 7.00. The van der Waals surface area contributed by atoms with Crippen LogP contribution in [0.4, 0.5) is 15.3 Å². The number of hydrogen-bond donors (Lipinski definition) is 1. The number of anilines is 1.